The fourth-order valence-electron chi connectivity index (χ4n) is 1.33. The maximum absolute atomic E-state index is 11.6. The predicted octanol–water partition coefficient (Wildman–Crippen LogP) is -0.776. The van der Waals surface area contributed by atoms with Gasteiger partial charge in [0.05, 0.1) is 20.2 Å². The Morgan fingerprint density at radius 2 is 2.06 bits per heavy atom. The van der Waals surface area contributed by atoms with Crippen LogP contribution in [0.4, 0.5) is 0 Å². The lowest BCUT2D eigenvalue weighted by Gasteiger charge is -2.32. The maximum atomic E-state index is 11.6. The van der Waals surface area contributed by atoms with Crippen molar-refractivity contribution in [1.82, 2.24) is 9.80 Å². The molecular weight excluding hydrogens is 280 g/mol. The molecule has 1 saturated heterocycles. The van der Waals surface area contributed by atoms with Gasteiger partial charge in [-0.2, -0.15) is 0 Å². The van der Waals surface area contributed by atoms with Crippen molar-refractivity contribution in [2.24, 2.45) is 0 Å². The third-order valence-corrected chi connectivity index (χ3v) is 2.98. The van der Waals surface area contributed by atoms with Crippen molar-refractivity contribution >= 4 is 33.7 Å². The molecule has 0 N–H and O–H groups in total. The van der Waals surface area contributed by atoms with E-state index in [1.54, 1.807) is 7.05 Å². The Labute approximate surface area is 102 Å². The molecule has 1 fully saturated rings. The SMILES string of the molecule is COC(=O)C(Br)CN1CC(=O)N(C)CC1=O. The smallest absolute Gasteiger partial charge is 0.321 e. The van der Waals surface area contributed by atoms with Crippen molar-refractivity contribution in [2.75, 3.05) is 33.8 Å². The predicted molar refractivity (Wildman–Crippen MR) is 58.9 cm³/mol. The van der Waals surface area contributed by atoms with Crippen molar-refractivity contribution < 1.29 is 19.1 Å². The molecule has 6 nitrogen and oxygen atoms in total. The third-order valence-electron chi connectivity index (χ3n) is 2.31. The first-order valence-corrected chi connectivity index (χ1v) is 5.61. The number of ether oxygens (including phenoxy) is 1. The number of alkyl halides is 1. The summed E-state index contributed by atoms with van der Waals surface area (Å²) in [6.45, 7) is 0.208. The lowest BCUT2D eigenvalue weighted by atomic mass is 10.3. The molecule has 16 heavy (non-hydrogen) atoms. The first-order valence-electron chi connectivity index (χ1n) is 4.69. The summed E-state index contributed by atoms with van der Waals surface area (Å²) in [5.41, 5.74) is 0. The summed E-state index contributed by atoms with van der Waals surface area (Å²) in [5, 5.41) is 0. The highest BCUT2D eigenvalue weighted by atomic mass is 79.9. The summed E-state index contributed by atoms with van der Waals surface area (Å²) >= 11 is 3.11. The van der Waals surface area contributed by atoms with E-state index in [0.717, 1.165) is 0 Å². The number of carbonyl (C=O) groups is 3. The molecule has 0 aromatic rings. The van der Waals surface area contributed by atoms with Crippen molar-refractivity contribution in [3.63, 3.8) is 0 Å². The molecule has 0 aliphatic carbocycles. The molecule has 1 atom stereocenters. The summed E-state index contributed by atoms with van der Waals surface area (Å²) in [6, 6.07) is 0. The molecule has 0 radical (unpaired) electrons. The van der Waals surface area contributed by atoms with E-state index in [9.17, 15) is 14.4 Å². The zero-order chi connectivity index (χ0) is 12.3. The van der Waals surface area contributed by atoms with Crippen LogP contribution < -0.4 is 0 Å². The van der Waals surface area contributed by atoms with E-state index in [1.807, 2.05) is 0 Å². The molecule has 0 spiro atoms. The summed E-state index contributed by atoms with van der Waals surface area (Å²) in [4.78, 5) is 36.2. The average Bonchev–Trinajstić information content (AvgIpc) is 2.24. The largest absolute Gasteiger partial charge is 0.468 e. The van der Waals surface area contributed by atoms with E-state index in [0.29, 0.717) is 0 Å². The fraction of sp³-hybridized carbons (Fsp3) is 0.667. The average molecular weight is 293 g/mol. The van der Waals surface area contributed by atoms with Gasteiger partial charge in [0.15, 0.2) is 0 Å². The first kappa shape index (κ1) is 13.0. The van der Waals surface area contributed by atoms with Crippen molar-refractivity contribution in [3.8, 4) is 0 Å². The van der Waals surface area contributed by atoms with Gasteiger partial charge in [-0.05, 0) is 0 Å². The molecule has 0 aromatic carbocycles. The Kier molecular flexibility index (Phi) is 4.28. The molecule has 7 heteroatoms. The third kappa shape index (κ3) is 2.94. The Bertz CT molecular complexity index is 321. The monoisotopic (exact) mass is 292 g/mol. The molecule has 1 aliphatic heterocycles. The highest BCUT2D eigenvalue weighted by Crippen LogP contribution is 2.09. The first-order chi connectivity index (χ1) is 7.45. The minimum atomic E-state index is -0.599. The normalized spacial score (nSPS) is 18.7. The van der Waals surface area contributed by atoms with Crippen LogP contribution in [0.3, 0.4) is 0 Å². The van der Waals surface area contributed by atoms with Crippen molar-refractivity contribution in [1.29, 1.82) is 0 Å². The van der Waals surface area contributed by atoms with Gasteiger partial charge in [0, 0.05) is 13.6 Å². The summed E-state index contributed by atoms with van der Waals surface area (Å²) in [6.07, 6.45) is 0. The number of nitrogens with zero attached hydrogens (tertiary/aromatic N) is 2. The van der Waals surface area contributed by atoms with Crippen LogP contribution >= 0.6 is 15.9 Å². The van der Waals surface area contributed by atoms with Gasteiger partial charge in [-0.3, -0.25) is 14.4 Å². The summed E-state index contributed by atoms with van der Waals surface area (Å²) < 4.78 is 4.52. The number of likely N-dealkylation sites (N-methyl/N-ethyl adjacent to an activating group) is 1. The van der Waals surface area contributed by atoms with Crippen LogP contribution in [0.5, 0.6) is 0 Å². The molecular formula is C9H13BrN2O4. The molecule has 1 heterocycles. The molecule has 1 aliphatic rings. The number of halogens is 1. The van der Waals surface area contributed by atoms with Gasteiger partial charge in [0.1, 0.15) is 4.83 Å². The summed E-state index contributed by atoms with van der Waals surface area (Å²) in [7, 11) is 2.84. The zero-order valence-corrected chi connectivity index (χ0v) is 10.7. The van der Waals surface area contributed by atoms with Gasteiger partial charge in [0.25, 0.3) is 0 Å². The molecule has 2 amide bonds. The lowest BCUT2D eigenvalue weighted by molar-refractivity contribution is -0.150. The standard InChI is InChI=1S/C9H13BrN2O4/c1-11-4-8(14)12(5-7(11)13)3-6(10)9(15)16-2/h6H,3-5H2,1-2H3. The van der Waals surface area contributed by atoms with Crippen LogP contribution in [0, 0.1) is 0 Å². The summed E-state index contributed by atoms with van der Waals surface area (Å²) in [5.74, 6) is -0.765. The van der Waals surface area contributed by atoms with Gasteiger partial charge in [-0.1, -0.05) is 15.9 Å². The lowest BCUT2D eigenvalue weighted by Crippen LogP contribution is -2.54. The van der Waals surface area contributed by atoms with Gasteiger partial charge < -0.3 is 14.5 Å². The van der Waals surface area contributed by atoms with E-state index in [4.69, 9.17) is 0 Å². The van der Waals surface area contributed by atoms with E-state index in [-0.39, 0.29) is 31.4 Å². The molecule has 1 rings (SSSR count). The van der Waals surface area contributed by atoms with Crippen LogP contribution in [0.25, 0.3) is 0 Å². The van der Waals surface area contributed by atoms with E-state index in [1.165, 1.54) is 16.9 Å². The number of hydrogen-bond acceptors (Lipinski definition) is 4. The second-order valence-electron chi connectivity index (χ2n) is 3.51. The Hall–Kier alpha value is -1.11. The highest BCUT2D eigenvalue weighted by molar-refractivity contribution is 9.10. The number of esters is 1. The van der Waals surface area contributed by atoms with Crippen molar-refractivity contribution in [2.45, 2.75) is 4.83 Å². The van der Waals surface area contributed by atoms with E-state index in [2.05, 4.69) is 20.7 Å². The minimum absolute atomic E-state index is 0.00836. The van der Waals surface area contributed by atoms with Crippen LogP contribution in [0.15, 0.2) is 0 Å². The second-order valence-corrected chi connectivity index (χ2v) is 4.62. The molecule has 0 bridgehead atoms. The van der Waals surface area contributed by atoms with Gasteiger partial charge in [0.2, 0.25) is 11.8 Å². The van der Waals surface area contributed by atoms with Crippen LogP contribution in [-0.2, 0) is 19.1 Å². The van der Waals surface area contributed by atoms with Crippen LogP contribution in [0.2, 0.25) is 0 Å². The molecule has 90 valence electrons. The van der Waals surface area contributed by atoms with E-state index >= 15 is 0 Å². The minimum Gasteiger partial charge on any atom is -0.468 e. The number of piperazine rings is 1. The van der Waals surface area contributed by atoms with Gasteiger partial charge in [-0.15, -0.1) is 0 Å². The Morgan fingerprint density at radius 1 is 1.44 bits per heavy atom. The van der Waals surface area contributed by atoms with Gasteiger partial charge >= 0.3 is 5.97 Å². The fourth-order valence-corrected chi connectivity index (χ4v) is 1.86. The van der Waals surface area contributed by atoms with Gasteiger partial charge in [-0.25, -0.2) is 0 Å². The number of amides is 2. The zero-order valence-electron chi connectivity index (χ0n) is 9.10. The van der Waals surface area contributed by atoms with Crippen molar-refractivity contribution in [3.05, 3.63) is 0 Å². The number of methoxy groups -OCH3 is 1. The number of rotatable bonds is 3. The van der Waals surface area contributed by atoms with Crippen LogP contribution in [0.1, 0.15) is 0 Å². The molecule has 0 saturated carbocycles. The second kappa shape index (κ2) is 5.29. The molecule has 1 unspecified atom stereocenters. The number of hydrogen-bond donors (Lipinski definition) is 0. The molecule has 0 aromatic heterocycles. The topological polar surface area (TPSA) is 66.9 Å². The van der Waals surface area contributed by atoms with Crippen LogP contribution in [-0.4, -0.2) is 66.2 Å². The Morgan fingerprint density at radius 3 is 2.62 bits per heavy atom. The quantitative estimate of drug-likeness (QED) is 0.506. The highest BCUT2D eigenvalue weighted by Gasteiger charge is 2.30. The maximum Gasteiger partial charge on any atom is 0.321 e. The Balaban J connectivity index is 2.57. The number of carbonyl (C=O) groups excluding carboxylic acids is 3. The van der Waals surface area contributed by atoms with E-state index < -0.39 is 10.8 Å².